The maximum atomic E-state index is 13.3. The fraction of sp³-hybridized carbons (Fsp3) is 0.233. The number of alkyl halides is 3. The summed E-state index contributed by atoms with van der Waals surface area (Å²) in [5.41, 5.74) is 1.08. The van der Waals surface area contributed by atoms with Crippen LogP contribution in [-0.4, -0.2) is 44.1 Å². The van der Waals surface area contributed by atoms with E-state index in [1.807, 2.05) is 47.4 Å². The first kappa shape index (κ1) is 25.4. The molecule has 4 aromatic rings. The normalized spacial score (nSPS) is 14.0. The number of halogens is 3. The second-order valence-electron chi connectivity index (χ2n) is 9.15. The van der Waals surface area contributed by atoms with Gasteiger partial charge in [-0.25, -0.2) is 0 Å². The van der Waals surface area contributed by atoms with Gasteiger partial charge in [0.1, 0.15) is 18.1 Å². The quantitative estimate of drug-likeness (QED) is 0.295. The minimum atomic E-state index is -4.39. The van der Waals surface area contributed by atoms with E-state index in [0.29, 0.717) is 48.9 Å². The van der Waals surface area contributed by atoms with Crippen LogP contribution in [0.4, 0.5) is 18.9 Å². The Kier molecular flexibility index (Phi) is 7.13. The molecule has 0 radical (unpaired) electrons. The largest absolute Gasteiger partial charge is 0.496 e. The average molecular weight is 521 g/mol. The molecular weight excluding hydrogens is 493 g/mol. The van der Waals surface area contributed by atoms with Gasteiger partial charge in [-0.3, -0.25) is 4.79 Å². The van der Waals surface area contributed by atoms with Crippen LogP contribution in [0.25, 0.3) is 10.8 Å². The summed E-state index contributed by atoms with van der Waals surface area (Å²) in [5, 5.41) is 2.20. The molecule has 1 aliphatic heterocycles. The van der Waals surface area contributed by atoms with Gasteiger partial charge >= 0.3 is 6.18 Å². The van der Waals surface area contributed by atoms with E-state index in [1.54, 1.807) is 36.3 Å². The highest BCUT2D eigenvalue weighted by Gasteiger charge is 2.31. The summed E-state index contributed by atoms with van der Waals surface area (Å²) in [5.74, 6) is 1.20. The van der Waals surface area contributed by atoms with Gasteiger partial charge in [-0.2, -0.15) is 13.2 Å². The van der Waals surface area contributed by atoms with Crippen LogP contribution in [0.15, 0.2) is 84.9 Å². The summed E-state index contributed by atoms with van der Waals surface area (Å²) < 4.78 is 50.8. The van der Waals surface area contributed by atoms with E-state index in [0.717, 1.165) is 28.5 Å². The number of hydrogen-bond donors (Lipinski definition) is 0. The van der Waals surface area contributed by atoms with E-state index in [4.69, 9.17) is 9.47 Å². The molecule has 1 amide bonds. The number of benzene rings is 4. The number of methoxy groups -OCH3 is 1. The minimum Gasteiger partial charge on any atom is -0.496 e. The van der Waals surface area contributed by atoms with Gasteiger partial charge in [0.05, 0.1) is 12.7 Å². The number of carbonyl (C=O) groups is 1. The maximum Gasteiger partial charge on any atom is 0.416 e. The molecule has 0 spiro atoms. The molecule has 0 atom stereocenters. The zero-order valence-electron chi connectivity index (χ0n) is 20.9. The molecular formula is C30H27F3N2O3. The summed E-state index contributed by atoms with van der Waals surface area (Å²) in [7, 11) is 1.57. The first-order chi connectivity index (χ1) is 18.3. The number of hydrogen-bond acceptors (Lipinski definition) is 4. The van der Waals surface area contributed by atoms with Crippen molar-refractivity contribution in [2.75, 3.05) is 38.2 Å². The molecule has 1 heterocycles. The Hall–Kier alpha value is -4.20. The lowest BCUT2D eigenvalue weighted by atomic mass is 10.1. The lowest BCUT2D eigenvalue weighted by Crippen LogP contribution is -2.48. The zero-order chi connectivity index (χ0) is 26.7. The fourth-order valence-electron chi connectivity index (χ4n) is 4.67. The number of fused-ring (bicyclic) bond motifs is 1. The van der Waals surface area contributed by atoms with Crippen LogP contribution in [-0.2, 0) is 12.8 Å². The van der Waals surface area contributed by atoms with Crippen LogP contribution in [0.1, 0.15) is 21.5 Å². The first-order valence-electron chi connectivity index (χ1n) is 12.3. The summed E-state index contributed by atoms with van der Waals surface area (Å²) in [6.45, 7) is 1.93. The fourth-order valence-corrected chi connectivity index (χ4v) is 4.67. The second kappa shape index (κ2) is 10.7. The number of nitrogens with zero attached hydrogens (tertiary/aromatic N) is 2. The monoisotopic (exact) mass is 520 g/mol. The molecule has 5 nitrogen and oxygen atoms in total. The highest BCUT2D eigenvalue weighted by atomic mass is 19.4. The number of ether oxygens (including phenoxy) is 2. The smallest absolute Gasteiger partial charge is 0.416 e. The number of amides is 1. The van der Waals surface area contributed by atoms with Crippen LogP contribution in [0.5, 0.6) is 11.5 Å². The van der Waals surface area contributed by atoms with E-state index in [2.05, 4.69) is 0 Å². The third-order valence-corrected chi connectivity index (χ3v) is 6.75. The topological polar surface area (TPSA) is 42.0 Å². The van der Waals surface area contributed by atoms with Crippen LogP contribution < -0.4 is 14.4 Å². The van der Waals surface area contributed by atoms with Crippen molar-refractivity contribution in [1.29, 1.82) is 0 Å². The molecule has 0 aromatic heterocycles. The molecule has 1 aliphatic rings. The van der Waals surface area contributed by atoms with E-state index >= 15 is 0 Å². The van der Waals surface area contributed by atoms with Gasteiger partial charge in [0.2, 0.25) is 0 Å². The average Bonchev–Trinajstić information content (AvgIpc) is 2.95. The van der Waals surface area contributed by atoms with Crippen molar-refractivity contribution in [2.24, 2.45) is 0 Å². The van der Waals surface area contributed by atoms with E-state index < -0.39 is 11.7 Å². The highest BCUT2D eigenvalue weighted by molar-refractivity contribution is 5.94. The molecule has 0 bridgehead atoms. The zero-order valence-corrected chi connectivity index (χ0v) is 20.9. The Morgan fingerprint density at radius 2 is 1.61 bits per heavy atom. The van der Waals surface area contributed by atoms with Crippen LogP contribution in [0.3, 0.4) is 0 Å². The number of rotatable bonds is 6. The minimum absolute atomic E-state index is 0.136. The third-order valence-electron chi connectivity index (χ3n) is 6.75. The molecule has 0 saturated carbocycles. The molecule has 1 fully saturated rings. The van der Waals surface area contributed by atoms with E-state index in [9.17, 15) is 18.0 Å². The standard InChI is InChI=1S/C30H27F3N2O3/c1-37-28-12-10-23(17-24(28)20-38-27-11-9-21-5-2-3-6-22(21)18-27)29(36)35-15-13-34(14-16-35)26-8-4-7-25(19-26)30(31,32)33/h2-12,17-19H,13-16,20H2,1H3. The molecule has 5 rings (SSSR count). The summed E-state index contributed by atoms with van der Waals surface area (Å²) in [4.78, 5) is 16.9. The van der Waals surface area contributed by atoms with Gasteiger partial charge in [-0.05, 0) is 59.3 Å². The SMILES string of the molecule is COc1ccc(C(=O)N2CCN(c3cccc(C(F)(F)F)c3)CC2)cc1COc1ccc2ccccc2c1. The Morgan fingerprint density at radius 3 is 2.34 bits per heavy atom. The van der Waals surface area contributed by atoms with Crippen molar-refractivity contribution in [3.8, 4) is 11.5 Å². The van der Waals surface area contributed by atoms with Crippen LogP contribution >= 0.6 is 0 Å². The Balaban J connectivity index is 1.25. The highest BCUT2D eigenvalue weighted by Crippen LogP contribution is 2.32. The van der Waals surface area contributed by atoms with Gasteiger partial charge in [-0.1, -0.05) is 36.4 Å². The van der Waals surface area contributed by atoms with Crippen LogP contribution in [0, 0.1) is 0 Å². The number of anilines is 1. The lowest BCUT2D eigenvalue weighted by molar-refractivity contribution is -0.137. The summed E-state index contributed by atoms with van der Waals surface area (Å²) in [6, 6.07) is 24.5. The number of piperazine rings is 1. The van der Waals surface area contributed by atoms with Gasteiger partial charge < -0.3 is 19.3 Å². The van der Waals surface area contributed by atoms with Crippen molar-refractivity contribution >= 4 is 22.4 Å². The molecule has 0 N–H and O–H groups in total. The van der Waals surface area contributed by atoms with Crippen LogP contribution in [0.2, 0.25) is 0 Å². The van der Waals surface area contributed by atoms with Gasteiger partial charge in [-0.15, -0.1) is 0 Å². The van der Waals surface area contributed by atoms with Crippen molar-refractivity contribution in [3.63, 3.8) is 0 Å². The van der Waals surface area contributed by atoms with E-state index in [-0.39, 0.29) is 12.5 Å². The maximum absolute atomic E-state index is 13.3. The summed E-state index contributed by atoms with van der Waals surface area (Å²) in [6.07, 6.45) is -4.39. The molecule has 4 aromatic carbocycles. The van der Waals surface area contributed by atoms with Crippen molar-refractivity contribution < 1.29 is 27.4 Å². The lowest BCUT2D eigenvalue weighted by Gasteiger charge is -2.36. The first-order valence-corrected chi connectivity index (χ1v) is 12.3. The Bertz CT molecular complexity index is 1450. The van der Waals surface area contributed by atoms with Crippen molar-refractivity contribution in [2.45, 2.75) is 12.8 Å². The predicted molar refractivity (Wildman–Crippen MR) is 141 cm³/mol. The van der Waals surface area contributed by atoms with Gasteiger partial charge in [0, 0.05) is 43.0 Å². The van der Waals surface area contributed by atoms with Crippen molar-refractivity contribution in [3.05, 3.63) is 102 Å². The Morgan fingerprint density at radius 1 is 0.842 bits per heavy atom. The van der Waals surface area contributed by atoms with Gasteiger partial charge in [0.15, 0.2) is 0 Å². The Labute approximate surface area is 219 Å². The molecule has 1 saturated heterocycles. The van der Waals surface area contributed by atoms with Crippen molar-refractivity contribution in [1.82, 2.24) is 4.90 Å². The summed E-state index contributed by atoms with van der Waals surface area (Å²) >= 11 is 0. The molecule has 38 heavy (non-hydrogen) atoms. The molecule has 196 valence electrons. The molecule has 8 heteroatoms. The molecule has 0 unspecified atom stereocenters. The molecule has 0 aliphatic carbocycles. The predicted octanol–water partition coefficient (Wildman–Crippen LogP) is 6.41. The van der Waals surface area contributed by atoms with E-state index in [1.165, 1.54) is 6.07 Å². The third kappa shape index (κ3) is 5.54. The second-order valence-corrected chi connectivity index (χ2v) is 9.15. The van der Waals surface area contributed by atoms with Gasteiger partial charge in [0.25, 0.3) is 5.91 Å². The number of carbonyl (C=O) groups excluding carboxylic acids is 1.